The van der Waals surface area contributed by atoms with E-state index in [0.717, 1.165) is 36.1 Å². The molecule has 0 spiro atoms. The molecular formula is C18H23ClO2. The molecule has 1 aromatic rings. The van der Waals surface area contributed by atoms with Crippen molar-refractivity contribution in [2.45, 2.75) is 52.4 Å². The molecule has 21 heavy (non-hydrogen) atoms. The van der Waals surface area contributed by atoms with E-state index in [1.54, 1.807) is 0 Å². The van der Waals surface area contributed by atoms with Crippen LogP contribution in [0.1, 0.15) is 50.7 Å². The van der Waals surface area contributed by atoms with E-state index in [2.05, 4.69) is 13.8 Å². The van der Waals surface area contributed by atoms with Crippen LogP contribution >= 0.6 is 11.6 Å². The number of ketones is 1. The number of halogens is 1. The van der Waals surface area contributed by atoms with Crippen LogP contribution in [0.4, 0.5) is 0 Å². The fourth-order valence-electron chi connectivity index (χ4n) is 3.88. The highest BCUT2D eigenvalue weighted by molar-refractivity contribution is 6.30. The van der Waals surface area contributed by atoms with E-state index in [4.69, 9.17) is 16.3 Å². The minimum atomic E-state index is 0.123. The van der Waals surface area contributed by atoms with E-state index in [9.17, 15) is 4.79 Å². The molecule has 3 rings (SSSR count). The van der Waals surface area contributed by atoms with Crippen LogP contribution in [0.3, 0.4) is 0 Å². The Kier molecular flexibility index (Phi) is 4.00. The number of carbonyl (C=O) groups excluding carboxylic acids is 1. The maximum atomic E-state index is 12.8. The smallest absolute Gasteiger partial charge is 0.141 e. The van der Waals surface area contributed by atoms with Gasteiger partial charge in [-0.3, -0.25) is 4.79 Å². The summed E-state index contributed by atoms with van der Waals surface area (Å²) in [5.74, 6) is 1.42. The van der Waals surface area contributed by atoms with Crippen LogP contribution in [0.25, 0.3) is 0 Å². The highest BCUT2D eigenvalue weighted by Gasteiger charge is 2.37. The van der Waals surface area contributed by atoms with Crippen LogP contribution in [0.5, 0.6) is 5.75 Å². The molecule has 0 bridgehead atoms. The second-order valence-electron chi connectivity index (χ2n) is 7.08. The van der Waals surface area contributed by atoms with Gasteiger partial charge >= 0.3 is 0 Å². The van der Waals surface area contributed by atoms with Gasteiger partial charge in [-0.25, -0.2) is 0 Å². The lowest BCUT2D eigenvalue weighted by Crippen LogP contribution is -2.34. The van der Waals surface area contributed by atoms with Gasteiger partial charge in [0.05, 0.1) is 6.61 Å². The van der Waals surface area contributed by atoms with Gasteiger partial charge in [0.1, 0.15) is 11.5 Å². The topological polar surface area (TPSA) is 26.3 Å². The number of Topliss-reactive ketones (excluding diaryl/α,β-unsaturated/α-hetero) is 1. The van der Waals surface area contributed by atoms with Gasteiger partial charge in [-0.15, -0.1) is 0 Å². The Balaban J connectivity index is 1.82. The summed E-state index contributed by atoms with van der Waals surface area (Å²) >= 11 is 6.19. The van der Waals surface area contributed by atoms with E-state index in [1.165, 1.54) is 12.8 Å². The van der Waals surface area contributed by atoms with Crippen LogP contribution in [-0.2, 0) is 17.6 Å². The Morgan fingerprint density at radius 2 is 2.19 bits per heavy atom. The predicted molar refractivity (Wildman–Crippen MR) is 85.1 cm³/mol. The van der Waals surface area contributed by atoms with Gasteiger partial charge in [-0.05, 0) is 36.0 Å². The van der Waals surface area contributed by atoms with Gasteiger partial charge in [0.25, 0.3) is 0 Å². The quantitative estimate of drug-likeness (QED) is 0.815. The third-order valence-electron chi connectivity index (χ3n) is 5.09. The summed E-state index contributed by atoms with van der Waals surface area (Å²) in [4.78, 5) is 12.8. The number of hydrogen-bond acceptors (Lipinski definition) is 2. The molecule has 1 unspecified atom stereocenters. The number of rotatable bonds is 3. The SMILES string of the molecule is CC1(C)CCCCC1C(=O)Cc1cc(Cl)cc2c1OCC2. The molecule has 0 amide bonds. The van der Waals surface area contributed by atoms with Gasteiger partial charge in [0.15, 0.2) is 0 Å². The maximum absolute atomic E-state index is 12.8. The summed E-state index contributed by atoms with van der Waals surface area (Å²) in [5.41, 5.74) is 2.24. The number of carbonyl (C=O) groups is 1. The van der Waals surface area contributed by atoms with Crippen LogP contribution < -0.4 is 4.74 Å². The molecule has 1 saturated carbocycles. The van der Waals surface area contributed by atoms with Gasteiger partial charge in [0, 0.05) is 29.3 Å². The molecule has 1 aromatic carbocycles. The molecule has 3 heteroatoms. The lowest BCUT2D eigenvalue weighted by Gasteiger charge is -2.37. The zero-order valence-electron chi connectivity index (χ0n) is 12.9. The number of benzene rings is 1. The molecule has 1 aliphatic heterocycles. The predicted octanol–water partition coefficient (Wildman–Crippen LogP) is 4.60. The van der Waals surface area contributed by atoms with Gasteiger partial charge in [-0.1, -0.05) is 38.3 Å². The molecule has 1 aliphatic carbocycles. The molecule has 0 radical (unpaired) electrons. The third-order valence-corrected chi connectivity index (χ3v) is 5.30. The minimum Gasteiger partial charge on any atom is -0.493 e. The van der Waals surface area contributed by atoms with Crippen LogP contribution in [0, 0.1) is 11.3 Å². The van der Waals surface area contributed by atoms with Crippen molar-refractivity contribution in [3.63, 3.8) is 0 Å². The van der Waals surface area contributed by atoms with E-state index in [0.29, 0.717) is 23.8 Å². The minimum absolute atomic E-state index is 0.123. The standard InChI is InChI=1S/C18H23ClO2/c1-18(2)7-4-3-5-15(18)16(20)11-13-10-14(19)9-12-6-8-21-17(12)13/h9-10,15H,3-8,11H2,1-2H3. The Morgan fingerprint density at radius 1 is 1.38 bits per heavy atom. The van der Waals surface area contributed by atoms with Crippen molar-refractivity contribution in [3.8, 4) is 5.75 Å². The number of fused-ring (bicyclic) bond motifs is 1. The maximum Gasteiger partial charge on any atom is 0.141 e. The summed E-state index contributed by atoms with van der Waals surface area (Å²) in [6.45, 7) is 5.16. The third kappa shape index (κ3) is 2.96. The van der Waals surface area contributed by atoms with E-state index >= 15 is 0 Å². The average Bonchev–Trinajstić information content (AvgIpc) is 2.86. The van der Waals surface area contributed by atoms with Crippen molar-refractivity contribution in [2.24, 2.45) is 11.3 Å². The first kappa shape index (κ1) is 14.9. The van der Waals surface area contributed by atoms with E-state index in [-0.39, 0.29) is 11.3 Å². The van der Waals surface area contributed by atoms with Gasteiger partial charge in [-0.2, -0.15) is 0 Å². The molecule has 1 atom stereocenters. The molecular weight excluding hydrogens is 284 g/mol. The molecule has 2 nitrogen and oxygen atoms in total. The summed E-state index contributed by atoms with van der Waals surface area (Å²) in [6.07, 6.45) is 5.93. The van der Waals surface area contributed by atoms with Crippen molar-refractivity contribution < 1.29 is 9.53 Å². The highest BCUT2D eigenvalue weighted by atomic mass is 35.5. The summed E-state index contributed by atoms with van der Waals surface area (Å²) in [5, 5.41) is 0.713. The fourth-order valence-corrected chi connectivity index (χ4v) is 4.14. The monoisotopic (exact) mass is 306 g/mol. The summed E-state index contributed by atoms with van der Waals surface area (Å²) in [7, 11) is 0. The Morgan fingerprint density at radius 3 is 2.95 bits per heavy atom. The number of hydrogen-bond donors (Lipinski definition) is 0. The first-order valence-corrected chi connectivity index (χ1v) is 8.32. The zero-order valence-corrected chi connectivity index (χ0v) is 13.6. The first-order chi connectivity index (χ1) is 9.97. The molecule has 114 valence electrons. The first-order valence-electron chi connectivity index (χ1n) is 7.94. The zero-order chi connectivity index (χ0) is 15.0. The average molecular weight is 307 g/mol. The van der Waals surface area contributed by atoms with Crippen molar-refractivity contribution in [2.75, 3.05) is 6.61 Å². The summed E-state index contributed by atoms with van der Waals surface area (Å²) < 4.78 is 5.71. The molecule has 1 fully saturated rings. The normalized spacial score (nSPS) is 23.5. The van der Waals surface area contributed by atoms with E-state index in [1.807, 2.05) is 12.1 Å². The second-order valence-corrected chi connectivity index (χ2v) is 7.52. The van der Waals surface area contributed by atoms with Crippen molar-refractivity contribution in [3.05, 3.63) is 28.3 Å². The molecule has 0 saturated heterocycles. The second kappa shape index (κ2) is 5.64. The number of ether oxygens (including phenoxy) is 1. The Hall–Kier alpha value is -1.02. The molecule has 0 N–H and O–H groups in total. The van der Waals surface area contributed by atoms with Crippen molar-refractivity contribution >= 4 is 17.4 Å². The van der Waals surface area contributed by atoms with Crippen LogP contribution in [0.2, 0.25) is 5.02 Å². The van der Waals surface area contributed by atoms with Crippen molar-refractivity contribution in [1.82, 2.24) is 0 Å². The lowest BCUT2D eigenvalue weighted by molar-refractivity contribution is -0.127. The van der Waals surface area contributed by atoms with Crippen LogP contribution in [0.15, 0.2) is 12.1 Å². The molecule has 0 aromatic heterocycles. The van der Waals surface area contributed by atoms with Crippen LogP contribution in [-0.4, -0.2) is 12.4 Å². The lowest BCUT2D eigenvalue weighted by atomic mass is 9.66. The molecule has 2 aliphatic rings. The molecule has 1 heterocycles. The van der Waals surface area contributed by atoms with Crippen molar-refractivity contribution in [1.29, 1.82) is 0 Å². The summed E-state index contributed by atoms with van der Waals surface area (Å²) in [6, 6.07) is 3.86. The highest BCUT2D eigenvalue weighted by Crippen LogP contribution is 2.42. The van der Waals surface area contributed by atoms with Gasteiger partial charge < -0.3 is 4.74 Å². The Bertz CT molecular complexity index is 563. The van der Waals surface area contributed by atoms with Gasteiger partial charge in [0.2, 0.25) is 0 Å². The largest absolute Gasteiger partial charge is 0.493 e. The Labute approximate surface area is 131 Å². The fraction of sp³-hybridized carbons (Fsp3) is 0.611. The van der Waals surface area contributed by atoms with E-state index < -0.39 is 0 Å².